The molecule has 0 aromatic rings. The summed E-state index contributed by atoms with van der Waals surface area (Å²) in [5, 5.41) is 11.5. The monoisotopic (exact) mass is 413 g/mol. The average molecular weight is 414 g/mol. The van der Waals surface area contributed by atoms with E-state index >= 15 is 0 Å². The highest BCUT2D eigenvalue weighted by Crippen LogP contribution is 2.22. The van der Waals surface area contributed by atoms with E-state index in [0.29, 0.717) is 32.4 Å². The van der Waals surface area contributed by atoms with Gasteiger partial charge in [-0.25, -0.2) is 4.79 Å². The zero-order chi connectivity index (χ0) is 22.4. The molecule has 0 saturated carbocycles. The minimum Gasteiger partial charge on any atom is -0.480 e. The van der Waals surface area contributed by atoms with Crippen LogP contribution in [-0.2, 0) is 19.1 Å². The third-order valence-corrected chi connectivity index (χ3v) is 5.06. The van der Waals surface area contributed by atoms with Crippen molar-refractivity contribution >= 4 is 23.9 Å². The number of hydrogen-bond donors (Lipinski definition) is 2. The van der Waals surface area contributed by atoms with Crippen LogP contribution < -0.4 is 5.32 Å². The second-order valence-electron chi connectivity index (χ2n) is 8.70. The van der Waals surface area contributed by atoms with Gasteiger partial charge in [0.1, 0.15) is 18.2 Å². The average Bonchev–Trinajstić information content (AvgIpc) is 2.62. The van der Waals surface area contributed by atoms with Crippen LogP contribution in [0, 0.1) is 11.8 Å². The van der Waals surface area contributed by atoms with E-state index in [1.54, 1.807) is 25.7 Å². The summed E-state index contributed by atoms with van der Waals surface area (Å²) in [6.07, 6.45) is 1.01. The van der Waals surface area contributed by atoms with Crippen LogP contribution in [0.5, 0.6) is 0 Å². The highest BCUT2D eigenvalue weighted by atomic mass is 16.6. The van der Waals surface area contributed by atoms with Crippen LogP contribution in [0.1, 0.15) is 53.9 Å². The Morgan fingerprint density at radius 2 is 1.76 bits per heavy atom. The first-order chi connectivity index (χ1) is 13.4. The Balaban J connectivity index is 2.71. The van der Waals surface area contributed by atoms with Gasteiger partial charge in [0, 0.05) is 26.1 Å². The zero-order valence-electron chi connectivity index (χ0n) is 18.4. The Bertz CT molecular complexity index is 608. The van der Waals surface area contributed by atoms with E-state index in [9.17, 15) is 19.2 Å². The molecule has 3 amide bonds. The molecular weight excluding hydrogens is 378 g/mol. The Labute approximate surface area is 172 Å². The zero-order valence-corrected chi connectivity index (χ0v) is 18.4. The number of rotatable bonds is 7. The number of carboxylic acids is 1. The number of piperidine rings is 1. The highest BCUT2D eigenvalue weighted by molar-refractivity contribution is 5.87. The summed E-state index contributed by atoms with van der Waals surface area (Å²) in [5.41, 5.74) is -0.659. The number of alkyl carbamates (subject to hydrolysis) is 1. The molecule has 29 heavy (non-hydrogen) atoms. The molecule has 2 atom stereocenters. The predicted octanol–water partition coefficient (Wildman–Crippen LogP) is 1.71. The number of amides is 3. The Morgan fingerprint density at radius 1 is 1.21 bits per heavy atom. The van der Waals surface area contributed by atoms with Crippen molar-refractivity contribution in [1.29, 1.82) is 0 Å². The molecule has 0 aliphatic carbocycles. The molecule has 166 valence electrons. The number of carbonyl (C=O) groups excluding carboxylic acids is 3. The number of carboxylic acid groups (broad SMARTS) is 1. The molecule has 9 heteroatoms. The molecule has 0 radical (unpaired) electrons. The summed E-state index contributed by atoms with van der Waals surface area (Å²) in [6.45, 7) is 9.56. The van der Waals surface area contributed by atoms with Crippen molar-refractivity contribution in [3.63, 3.8) is 0 Å². The van der Waals surface area contributed by atoms with Gasteiger partial charge in [-0.2, -0.15) is 0 Å². The maximum absolute atomic E-state index is 13.0. The highest BCUT2D eigenvalue weighted by Gasteiger charge is 2.35. The fraction of sp³-hybridized carbons (Fsp3) is 0.800. The molecule has 1 aliphatic heterocycles. The number of carbonyl (C=O) groups is 4. The lowest BCUT2D eigenvalue weighted by atomic mass is 9.93. The van der Waals surface area contributed by atoms with Crippen LogP contribution in [0.4, 0.5) is 4.79 Å². The van der Waals surface area contributed by atoms with Crippen molar-refractivity contribution in [3.05, 3.63) is 0 Å². The number of nitrogens with one attached hydrogen (secondary N) is 1. The fourth-order valence-electron chi connectivity index (χ4n) is 3.25. The molecule has 1 rings (SSSR count). The molecule has 1 fully saturated rings. The van der Waals surface area contributed by atoms with Gasteiger partial charge in [-0.3, -0.25) is 14.4 Å². The van der Waals surface area contributed by atoms with Gasteiger partial charge < -0.3 is 25.0 Å². The Morgan fingerprint density at radius 3 is 2.21 bits per heavy atom. The molecular formula is C20H35N3O6. The van der Waals surface area contributed by atoms with E-state index in [1.807, 2.05) is 13.8 Å². The molecule has 0 aromatic carbocycles. The minimum atomic E-state index is -1.06. The molecule has 0 spiro atoms. The number of aliphatic carboxylic acids is 1. The number of hydrogen-bond acceptors (Lipinski definition) is 5. The van der Waals surface area contributed by atoms with Crippen molar-refractivity contribution in [1.82, 2.24) is 15.1 Å². The van der Waals surface area contributed by atoms with Gasteiger partial charge in [-0.05, 0) is 39.5 Å². The van der Waals surface area contributed by atoms with Gasteiger partial charge in [0.25, 0.3) is 0 Å². The number of nitrogens with zero attached hydrogens (tertiary/aromatic N) is 2. The maximum atomic E-state index is 13.0. The van der Waals surface area contributed by atoms with E-state index in [0.717, 1.165) is 0 Å². The van der Waals surface area contributed by atoms with E-state index in [2.05, 4.69) is 5.32 Å². The summed E-state index contributed by atoms with van der Waals surface area (Å²) in [6, 6.07) is -0.697. The molecule has 1 heterocycles. The summed E-state index contributed by atoms with van der Waals surface area (Å²) in [4.78, 5) is 51.2. The van der Waals surface area contributed by atoms with Crippen molar-refractivity contribution in [2.75, 3.05) is 26.7 Å². The molecule has 1 saturated heterocycles. The first-order valence-corrected chi connectivity index (χ1v) is 10.1. The first kappa shape index (κ1) is 24.7. The maximum Gasteiger partial charge on any atom is 0.408 e. The molecule has 0 bridgehead atoms. The second kappa shape index (κ2) is 10.5. The van der Waals surface area contributed by atoms with Gasteiger partial charge in [-0.15, -0.1) is 0 Å². The summed E-state index contributed by atoms with van der Waals surface area (Å²) < 4.78 is 5.29. The minimum absolute atomic E-state index is 0.0731. The smallest absolute Gasteiger partial charge is 0.408 e. The van der Waals surface area contributed by atoms with Crippen LogP contribution >= 0.6 is 0 Å². The van der Waals surface area contributed by atoms with Crippen LogP contribution in [0.3, 0.4) is 0 Å². The van der Waals surface area contributed by atoms with Crippen LogP contribution in [0.15, 0.2) is 0 Å². The second-order valence-corrected chi connectivity index (χ2v) is 8.70. The quantitative estimate of drug-likeness (QED) is 0.656. The predicted molar refractivity (Wildman–Crippen MR) is 107 cm³/mol. The van der Waals surface area contributed by atoms with Gasteiger partial charge in [0.2, 0.25) is 11.8 Å². The Hall–Kier alpha value is -2.32. The molecule has 2 N–H and O–H groups in total. The van der Waals surface area contributed by atoms with Gasteiger partial charge in [-0.1, -0.05) is 20.3 Å². The standard InChI is InChI=1S/C20H35N3O6/c1-7-13(2)16(21-19(28)29-20(3,4)5)18(27)23-10-8-14(9-11-23)17(26)22(6)12-15(24)25/h13-14,16H,7-12H2,1-6H3,(H,21,28)(H,24,25)/t13-,16-/m0/s1. The van der Waals surface area contributed by atoms with Crippen LogP contribution in [-0.4, -0.2) is 77.1 Å². The van der Waals surface area contributed by atoms with Gasteiger partial charge in [0.05, 0.1) is 0 Å². The first-order valence-electron chi connectivity index (χ1n) is 10.1. The van der Waals surface area contributed by atoms with Crippen molar-refractivity contribution < 1.29 is 29.0 Å². The van der Waals surface area contributed by atoms with E-state index in [4.69, 9.17) is 9.84 Å². The molecule has 0 aromatic heterocycles. The van der Waals surface area contributed by atoms with Crippen molar-refractivity contribution in [2.45, 2.75) is 65.5 Å². The largest absolute Gasteiger partial charge is 0.480 e. The van der Waals surface area contributed by atoms with E-state index < -0.39 is 23.7 Å². The van der Waals surface area contributed by atoms with Crippen LogP contribution in [0.2, 0.25) is 0 Å². The molecule has 9 nitrogen and oxygen atoms in total. The van der Waals surface area contributed by atoms with Crippen molar-refractivity contribution in [3.8, 4) is 0 Å². The van der Waals surface area contributed by atoms with E-state index in [1.165, 1.54) is 11.9 Å². The molecule has 1 aliphatic rings. The number of likely N-dealkylation sites (N-methyl/N-ethyl adjacent to an activating group) is 1. The normalized spacial score (nSPS) is 17.2. The number of likely N-dealkylation sites (tertiary alicyclic amines) is 1. The Kier molecular flexibility index (Phi) is 8.91. The summed E-state index contributed by atoms with van der Waals surface area (Å²) in [5.74, 6) is -1.83. The van der Waals surface area contributed by atoms with Gasteiger partial charge >= 0.3 is 12.1 Å². The lowest BCUT2D eigenvalue weighted by Gasteiger charge is -2.36. The van der Waals surface area contributed by atoms with Gasteiger partial charge in [0.15, 0.2) is 0 Å². The van der Waals surface area contributed by atoms with Crippen LogP contribution in [0.25, 0.3) is 0 Å². The SMILES string of the molecule is CC[C@H](C)[C@H](NC(=O)OC(C)(C)C)C(=O)N1CCC(C(=O)N(C)CC(=O)O)CC1. The third kappa shape index (κ3) is 7.91. The molecule has 0 unspecified atom stereocenters. The topological polar surface area (TPSA) is 116 Å². The lowest BCUT2D eigenvalue weighted by Crippen LogP contribution is -2.54. The fourth-order valence-corrected chi connectivity index (χ4v) is 3.25. The van der Waals surface area contributed by atoms with E-state index in [-0.39, 0.29) is 30.2 Å². The summed E-state index contributed by atoms with van der Waals surface area (Å²) in [7, 11) is 1.47. The third-order valence-electron chi connectivity index (χ3n) is 5.06. The number of ether oxygens (including phenoxy) is 1. The lowest BCUT2D eigenvalue weighted by molar-refractivity contribution is -0.146. The summed E-state index contributed by atoms with van der Waals surface area (Å²) >= 11 is 0. The van der Waals surface area contributed by atoms with Crippen molar-refractivity contribution in [2.24, 2.45) is 11.8 Å².